The molecule has 2 aromatic rings. The predicted octanol–water partition coefficient (Wildman–Crippen LogP) is 2.92. The Bertz CT molecular complexity index is 565. The van der Waals surface area contributed by atoms with Gasteiger partial charge in [-0.25, -0.2) is 8.78 Å². The van der Waals surface area contributed by atoms with Crippen LogP contribution in [0.3, 0.4) is 0 Å². The molecular formula is C14H13F2NO. The first-order valence-corrected chi connectivity index (χ1v) is 5.53. The summed E-state index contributed by atoms with van der Waals surface area (Å²) in [6.07, 6.45) is 1.46. The number of hydrogen-bond donors (Lipinski definition) is 1. The van der Waals surface area contributed by atoms with Crippen LogP contribution in [-0.2, 0) is 5.60 Å². The number of nitrogens with zero attached hydrogens (tertiary/aromatic N) is 1. The van der Waals surface area contributed by atoms with Crippen molar-refractivity contribution in [3.63, 3.8) is 0 Å². The molecule has 0 saturated heterocycles. The van der Waals surface area contributed by atoms with Gasteiger partial charge in [0.2, 0.25) is 0 Å². The Balaban J connectivity index is 2.54. The van der Waals surface area contributed by atoms with Gasteiger partial charge in [0.05, 0.1) is 0 Å². The molecule has 18 heavy (non-hydrogen) atoms. The minimum Gasteiger partial charge on any atom is -0.381 e. The summed E-state index contributed by atoms with van der Waals surface area (Å²) in [5, 5.41) is 10.4. The topological polar surface area (TPSA) is 33.1 Å². The number of aromatic nitrogens is 1. The van der Waals surface area contributed by atoms with Gasteiger partial charge in [-0.3, -0.25) is 4.98 Å². The maximum absolute atomic E-state index is 13.7. The molecule has 0 aliphatic heterocycles. The van der Waals surface area contributed by atoms with E-state index in [1.165, 1.54) is 25.3 Å². The highest BCUT2D eigenvalue weighted by molar-refractivity contribution is 5.35. The van der Waals surface area contributed by atoms with E-state index >= 15 is 0 Å². The van der Waals surface area contributed by atoms with E-state index in [-0.39, 0.29) is 5.56 Å². The van der Waals surface area contributed by atoms with Gasteiger partial charge < -0.3 is 5.11 Å². The Labute approximate surface area is 104 Å². The van der Waals surface area contributed by atoms with Crippen LogP contribution in [0.1, 0.15) is 23.7 Å². The van der Waals surface area contributed by atoms with Crippen LogP contribution in [0.5, 0.6) is 0 Å². The fraction of sp³-hybridized carbons (Fsp3) is 0.214. The lowest BCUT2D eigenvalue weighted by molar-refractivity contribution is 0.0966. The molecule has 0 spiro atoms. The van der Waals surface area contributed by atoms with Gasteiger partial charge in [-0.2, -0.15) is 0 Å². The zero-order valence-corrected chi connectivity index (χ0v) is 10.1. The number of pyridine rings is 1. The van der Waals surface area contributed by atoms with E-state index in [2.05, 4.69) is 4.98 Å². The van der Waals surface area contributed by atoms with Crippen LogP contribution in [0.4, 0.5) is 8.78 Å². The van der Waals surface area contributed by atoms with E-state index in [1.807, 2.05) is 0 Å². The van der Waals surface area contributed by atoms with Crippen LogP contribution in [-0.4, -0.2) is 10.1 Å². The first-order valence-electron chi connectivity index (χ1n) is 5.53. The van der Waals surface area contributed by atoms with E-state index in [4.69, 9.17) is 0 Å². The second kappa shape index (κ2) is 4.46. The van der Waals surface area contributed by atoms with E-state index in [1.54, 1.807) is 19.1 Å². The summed E-state index contributed by atoms with van der Waals surface area (Å²) in [5.41, 5.74) is -0.521. The third-order valence-corrected chi connectivity index (χ3v) is 2.95. The normalized spacial score (nSPS) is 14.3. The third-order valence-electron chi connectivity index (χ3n) is 2.95. The van der Waals surface area contributed by atoms with E-state index in [0.717, 1.165) is 11.8 Å². The predicted molar refractivity (Wildman–Crippen MR) is 64.0 cm³/mol. The van der Waals surface area contributed by atoms with Crippen molar-refractivity contribution in [2.24, 2.45) is 0 Å². The van der Waals surface area contributed by atoms with Gasteiger partial charge in [0, 0.05) is 23.0 Å². The molecule has 0 amide bonds. The maximum atomic E-state index is 13.7. The summed E-state index contributed by atoms with van der Waals surface area (Å²) in [4.78, 5) is 4.05. The van der Waals surface area contributed by atoms with E-state index in [0.29, 0.717) is 5.56 Å². The largest absolute Gasteiger partial charge is 0.381 e. The summed E-state index contributed by atoms with van der Waals surface area (Å²) in [6, 6.07) is 7.10. The van der Waals surface area contributed by atoms with Crippen molar-refractivity contribution in [2.45, 2.75) is 19.4 Å². The van der Waals surface area contributed by atoms with Crippen LogP contribution in [0.15, 0.2) is 36.5 Å². The van der Waals surface area contributed by atoms with Crippen molar-refractivity contribution >= 4 is 0 Å². The van der Waals surface area contributed by atoms with Crippen LogP contribution >= 0.6 is 0 Å². The first kappa shape index (κ1) is 12.6. The highest BCUT2D eigenvalue weighted by atomic mass is 19.2. The molecule has 2 rings (SSSR count). The van der Waals surface area contributed by atoms with Crippen LogP contribution in [0.2, 0.25) is 0 Å². The minimum atomic E-state index is -1.62. The lowest BCUT2D eigenvalue weighted by Crippen LogP contribution is -2.25. The summed E-state index contributed by atoms with van der Waals surface area (Å²) in [7, 11) is 0. The third kappa shape index (κ3) is 2.11. The summed E-state index contributed by atoms with van der Waals surface area (Å²) in [6.45, 7) is 3.22. The molecule has 0 fully saturated rings. The molecule has 1 aromatic heterocycles. The number of aliphatic hydroxyl groups is 1. The SMILES string of the molecule is Cc1ccc(C(C)(O)c2cccc(F)c2F)cn1. The average molecular weight is 249 g/mol. The smallest absolute Gasteiger partial charge is 0.165 e. The molecule has 1 unspecified atom stereocenters. The molecule has 0 saturated carbocycles. The Morgan fingerprint density at radius 3 is 2.50 bits per heavy atom. The zero-order chi connectivity index (χ0) is 13.3. The van der Waals surface area contributed by atoms with Gasteiger partial charge in [-0.1, -0.05) is 18.2 Å². The van der Waals surface area contributed by atoms with Gasteiger partial charge in [-0.05, 0) is 26.0 Å². The van der Waals surface area contributed by atoms with Crippen molar-refractivity contribution < 1.29 is 13.9 Å². The second-order valence-corrected chi connectivity index (χ2v) is 4.36. The van der Waals surface area contributed by atoms with Crippen molar-refractivity contribution in [3.05, 3.63) is 65.0 Å². The molecule has 1 N–H and O–H groups in total. The molecule has 2 nitrogen and oxygen atoms in total. The van der Waals surface area contributed by atoms with Gasteiger partial charge in [0.25, 0.3) is 0 Å². The molecule has 94 valence electrons. The van der Waals surface area contributed by atoms with Crippen molar-refractivity contribution in [3.8, 4) is 0 Å². The Hall–Kier alpha value is -1.81. The molecule has 0 aliphatic rings. The van der Waals surface area contributed by atoms with E-state index < -0.39 is 17.2 Å². The standard InChI is InChI=1S/C14H13F2NO/c1-9-6-7-10(8-17-9)14(2,18)11-4-3-5-12(15)13(11)16/h3-8,18H,1-2H3. The highest BCUT2D eigenvalue weighted by Crippen LogP contribution is 2.31. The quantitative estimate of drug-likeness (QED) is 0.887. The number of halogens is 2. The number of aryl methyl sites for hydroxylation is 1. The maximum Gasteiger partial charge on any atom is 0.165 e. The average Bonchev–Trinajstić information content (AvgIpc) is 2.33. The fourth-order valence-corrected chi connectivity index (χ4v) is 1.79. The molecule has 1 aromatic carbocycles. The molecule has 0 aliphatic carbocycles. The number of hydrogen-bond acceptors (Lipinski definition) is 2. The van der Waals surface area contributed by atoms with Crippen molar-refractivity contribution in [2.75, 3.05) is 0 Å². The molecular weight excluding hydrogens is 236 g/mol. The van der Waals surface area contributed by atoms with Crippen LogP contribution in [0.25, 0.3) is 0 Å². The summed E-state index contributed by atoms with van der Waals surface area (Å²) < 4.78 is 26.9. The molecule has 0 radical (unpaired) electrons. The Morgan fingerprint density at radius 2 is 1.89 bits per heavy atom. The van der Waals surface area contributed by atoms with Crippen LogP contribution in [0, 0.1) is 18.6 Å². The minimum absolute atomic E-state index is 0.104. The fourth-order valence-electron chi connectivity index (χ4n) is 1.79. The lowest BCUT2D eigenvalue weighted by Gasteiger charge is -2.24. The van der Waals surface area contributed by atoms with Gasteiger partial charge >= 0.3 is 0 Å². The van der Waals surface area contributed by atoms with Gasteiger partial charge in [0.15, 0.2) is 11.6 Å². The Kier molecular flexibility index (Phi) is 3.13. The molecule has 1 atom stereocenters. The first-order chi connectivity index (χ1) is 8.43. The molecule has 1 heterocycles. The van der Waals surface area contributed by atoms with E-state index in [9.17, 15) is 13.9 Å². The lowest BCUT2D eigenvalue weighted by atomic mass is 9.88. The van der Waals surface area contributed by atoms with Crippen molar-refractivity contribution in [1.29, 1.82) is 0 Å². The van der Waals surface area contributed by atoms with Gasteiger partial charge in [-0.15, -0.1) is 0 Å². The number of rotatable bonds is 2. The monoisotopic (exact) mass is 249 g/mol. The summed E-state index contributed by atoms with van der Waals surface area (Å²) >= 11 is 0. The zero-order valence-electron chi connectivity index (χ0n) is 10.1. The number of benzene rings is 1. The Morgan fingerprint density at radius 1 is 1.17 bits per heavy atom. The van der Waals surface area contributed by atoms with Crippen molar-refractivity contribution in [1.82, 2.24) is 4.98 Å². The molecule has 0 bridgehead atoms. The second-order valence-electron chi connectivity index (χ2n) is 4.36. The van der Waals surface area contributed by atoms with Crippen LogP contribution < -0.4 is 0 Å². The van der Waals surface area contributed by atoms with Gasteiger partial charge in [0.1, 0.15) is 5.60 Å². The summed E-state index contributed by atoms with van der Waals surface area (Å²) in [5.74, 6) is -2.02. The highest BCUT2D eigenvalue weighted by Gasteiger charge is 2.30. The molecule has 4 heteroatoms.